The maximum absolute atomic E-state index is 12.8. The van der Waals surface area contributed by atoms with Crippen LogP contribution in [0, 0.1) is 6.92 Å². The molecule has 0 spiro atoms. The van der Waals surface area contributed by atoms with Crippen molar-refractivity contribution in [2.75, 3.05) is 31.1 Å². The van der Waals surface area contributed by atoms with Gasteiger partial charge in [-0.05, 0) is 31.2 Å². The summed E-state index contributed by atoms with van der Waals surface area (Å²) in [6.07, 6.45) is 1.46. The Hall–Kier alpha value is -2.97. The Morgan fingerprint density at radius 3 is 2.28 bits per heavy atom. The molecular weight excluding hydrogens is 388 g/mol. The molecule has 0 N–H and O–H groups in total. The zero-order valence-electron chi connectivity index (χ0n) is 16.1. The average molecular weight is 410 g/mol. The van der Waals surface area contributed by atoms with Gasteiger partial charge in [-0.15, -0.1) is 0 Å². The number of sulfonamides is 1. The molecule has 1 fully saturated rings. The van der Waals surface area contributed by atoms with Gasteiger partial charge in [-0.1, -0.05) is 35.9 Å². The molecule has 4 rings (SSSR count). The van der Waals surface area contributed by atoms with Crippen molar-refractivity contribution in [3.8, 4) is 11.6 Å². The van der Waals surface area contributed by atoms with Crippen molar-refractivity contribution in [3.63, 3.8) is 0 Å². The SMILES string of the molecule is Cc1ccc(Oc2cc(N3CCN(S(=O)(=O)c4ccccc4)CC3)ncn2)cc1. The molecule has 1 aliphatic heterocycles. The standard InChI is InChI=1S/C21H22N4O3S/c1-17-7-9-18(10-8-17)28-21-15-20(22-16-23-21)24-11-13-25(14-12-24)29(26,27)19-5-3-2-4-6-19/h2-10,15-16H,11-14H2,1H3. The molecule has 1 saturated heterocycles. The van der Waals surface area contributed by atoms with Gasteiger partial charge < -0.3 is 9.64 Å². The van der Waals surface area contributed by atoms with Gasteiger partial charge in [-0.25, -0.2) is 18.4 Å². The highest BCUT2D eigenvalue weighted by Gasteiger charge is 2.28. The minimum absolute atomic E-state index is 0.323. The number of hydrogen-bond acceptors (Lipinski definition) is 6. The van der Waals surface area contributed by atoms with E-state index in [1.54, 1.807) is 30.3 Å². The number of aromatic nitrogens is 2. The van der Waals surface area contributed by atoms with Crippen molar-refractivity contribution >= 4 is 15.8 Å². The third-order valence-electron chi connectivity index (χ3n) is 4.81. The van der Waals surface area contributed by atoms with Crippen LogP contribution in [0.25, 0.3) is 0 Å². The minimum atomic E-state index is -3.47. The van der Waals surface area contributed by atoms with Gasteiger partial charge in [0.25, 0.3) is 0 Å². The first-order valence-electron chi connectivity index (χ1n) is 9.39. The predicted octanol–water partition coefficient (Wildman–Crippen LogP) is 3.09. The van der Waals surface area contributed by atoms with Crippen molar-refractivity contribution in [2.24, 2.45) is 0 Å². The van der Waals surface area contributed by atoms with Gasteiger partial charge in [0.05, 0.1) is 4.90 Å². The molecule has 29 heavy (non-hydrogen) atoms. The van der Waals surface area contributed by atoms with E-state index >= 15 is 0 Å². The Kier molecular flexibility index (Phi) is 5.46. The van der Waals surface area contributed by atoms with Gasteiger partial charge in [0.1, 0.15) is 17.9 Å². The molecule has 3 aromatic rings. The summed E-state index contributed by atoms with van der Waals surface area (Å²) in [6.45, 7) is 3.91. The molecule has 150 valence electrons. The van der Waals surface area contributed by atoms with Crippen molar-refractivity contribution in [2.45, 2.75) is 11.8 Å². The third kappa shape index (κ3) is 4.38. The van der Waals surface area contributed by atoms with Gasteiger partial charge >= 0.3 is 0 Å². The molecule has 8 heteroatoms. The lowest BCUT2D eigenvalue weighted by Gasteiger charge is -2.34. The highest BCUT2D eigenvalue weighted by Crippen LogP contribution is 2.24. The Morgan fingerprint density at radius 2 is 1.59 bits per heavy atom. The molecule has 2 aromatic carbocycles. The molecule has 0 saturated carbocycles. The van der Waals surface area contributed by atoms with Crippen LogP contribution >= 0.6 is 0 Å². The number of rotatable bonds is 5. The first-order chi connectivity index (χ1) is 14.0. The maximum Gasteiger partial charge on any atom is 0.243 e. The number of benzene rings is 2. The predicted molar refractivity (Wildman–Crippen MR) is 111 cm³/mol. The van der Waals surface area contributed by atoms with Crippen LogP contribution in [0.15, 0.2) is 71.9 Å². The van der Waals surface area contributed by atoms with Crippen LogP contribution in [-0.2, 0) is 10.0 Å². The Balaban J connectivity index is 1.43. The van der Waals surface area contributed by atoms with Crippen molar-refractivity contribution in [1.29, 1.82) is 0 Å². The average Bonchev–Trinajstić information content (AvgIpc) is 2.76. The van der Waals surface area contributed by atoms with E-state index in [-0.39, 0.29) is 0 Å². The molecule has 0 atom stereocenters. The summed E-state index contributed by atoms with van der Waals surface area (Å²) in [5.74, 6) is 1.89. The van der Waals surface area contributed by atoms with Gasteiger partial charge in [0, 0.05) is 32.2 Å². The number of piperazine rings is 1. The zero-order chi connectivity index (χ0) is 20.3. The lowest BCUT2D eigenvalue weighted by atomic mass is 10.2. The van der Waals surface area contributed by atoms with Crippen LogP contribution in [0.5, 0.6) is 11.6 Å². The molecule has 0 radical (unpaired) electrons. The summed E-state index contributed by atoms with van der Waals surface area (Å²) in [5, 5.41) is 0. The summed E-state index contributed by atoms with van der Waals surface area (Å²) in [5.41, 5.74) is 1.16. The number of ether oxygens (including phenoxy) is 1. The molecule has 1 aliphatic rings. The Labute approximate surface area is 170 Å². The molecule has 7 nitrogen and oxygen atoms in total. The number of aryl methyl sites for hydroxylation is 1. The number of hydrogen-bond donors (Lipinski definition) is 0. The van der Waals surface area contributed by atoms with E-state index in [0.29, 0.717) is 42.7 Å². The van der Waals surface area contributed by atoms with E-state index < -0.39 is 10.0 Å². The van der Waals surface area contributed by atoms with Crippen molar-refractivity contribution in [3.05, 3.63) is 72.6 Å². The largest absolute Gasteiger partial charge is 0.439 e. The Morgan fingerprint density at radius 1 is 0.897 bits per heavy atom. The van der Waals surface area contributed by atoms with Crippen LogP contribution < -0.4 is 9.64 Å². The summed E-state index contributed by atoms with van der Waals surface area (Å²) < 4.78 is 32.9. The van der Waals surface area contributed by atoms with Crippen molar-refractivity contribution < 1.29 is 13.2 Å². The quantitative estimate of drug-likeness (QED) is 0.643. The van der Waals surface area contributed by atoms with Gasteiger partial charge in [0.15, 0.2) is 0 Å². The van der Waals surface area contributed by atoms with E-state index in [0.717, 1.165) is 11.4 Å². The topological polar surface area (TPSA) is 75.6 Å². The molecule has 0 aliphatic carbocycles. The molecular formula is C21H22N4O3S. The van der Waals surface area contributed by atoms with E-state index in [1.165, 1.54) is 10.6 Å². The third-order valence-corrected chi connectivity index (χ3v) is 6.73. The van der Waals surface area contributed by atoms with E-state index in [9.17, 15) is 8.42 Å². The van der Waals surface area contributed by atoms with E-state index in [1.807, 2.05) is 42.2 Å². The molecule has 2 heterocycles. The molecule has 0 bridgehead atoms. The normalized spacial score (nSPS) is 15.3. The van der Waals surface area contributed by atoms with Gasteiger partial charge in [-0.2, -0.15) is 4.31 Å². The van der Waals surface area contributed by atoms with E-state index in [2.05, 4.69) is 9.97 Å². The highest BCUT2D eigenvalue weighted by molar-refractivity contribution is 7.89. The van der Waals surface area contributed by atoms with E-state index in [4.69, 9.17) is 4.74 Å². The van der Waals surface area contributed by atoms with Crippen molar-refractivity contribution in [1.82, 2.24) is 14.3 Å². The van der Waals surface area contributed by atoms with Crippen LogP contribution in [-0.4, -0.2) is 48.9 Å². The summed E-state index contributed by atoms with van der Waals surface area (Å²) in [4.78, 5) is 10.9. The molecule has 0 unspecified atom stereocenters. The lowest BCUT2D eigenvalue weighted by Crippen LogP contribution is -2.48. The van der Waals surface area contributed by atoms with Crippen LogP contribution in [0.2, 0.25) is 0 Å². The fourth-order valence-electron chi connectivity index (χ4n) is 3.18. The van der Waals surface area contributed by atoms with Crippen LogP contribution in [0.3, 0.4) is 0 Å². The second kappa shape index (κ2) is 8.18. The minimum Gasteiger partial charge on any atom is -0.439 e. The van der Waals surface area contributed by atoms with Crippen LogP contribution in [0.4, 0.5) is 5.82 Å². The number of anilines is 1. The first-order valence-corrected chi connectivity index (χ1v) is 10.8. The molecule has 0 amide bonds. The maximum atomic E-state index is 12.8. The zero-order valence-corrected chi connectivity index (χ0v) is 16.9. The second-order valence-corrected chi connectivity index (χ2v) is 8.77. The summed E-state index contributed by atoms with van der Waals surface area (Å²) in [7, 11) is -3.47. The molecule has 1 aromatic heterocycles. The van der Waals surface area contributed by atoms with Gasteiger partial charge in [-0.3, -0.25) is 0 Å². The Bertz CT molecular complexity index is 1060. The highest BCUT2D eigenvalue weighted by atomic mass is 32.2. The summed E-state index contributed by atoms with van der Waals surface area (Å²) >= 11 is 0. The van der Waals surface area contributed by atoms with Crippen LogP contribution in [0.1, 0.15) is 5.56 Å². The monoisotopic (exact) mass is 410 g/mol. The van der Waals surface area contributed by atoms with Gasteiger partial charge in [0.2, 0.25) is 15.9 Å². The first kappa shape index (κ1) is 19.4. The smallest absolute Gasteiger partial charge is 0.243 e. The fraction of sp³-hybridized carbons (Fsp3) is 0.238. The fourth-order valence-corrected chi connectivity index (χ4v) is 4.63. The second-order valence-electron chi connectivity index (χ2n) is 6.83. The lowest BCUT2D eigenvalue weighted by molar-refractivity contribution is 0.383. The summed E-state index contributed by atoms with van der Waals surface area (Å²) in [6, 6.07) is 18.0. The number of nitrogens with zero attached hydrogens (tertiary/aromatic N) is 4.